The molecule has 0 amide bonds. The number of allylic oxidation sites excluding steroid dienone is 2. The van der Waals surface area contributed by atoms with E-state index in [4.69, 9.17) is 0 Å². The molecular weight excluding hydrogens is 170 g/mol. The number of fused-ring (bicyclic) bond motifs is 1. The Balaban J connectivity index is 2.31. The highest BCUT2D eigenvalue weighted by Crippen LogP contribution is 2.51. The van der Waals surface area contributed by atoms with Crippen LogP contribution in [0.15, 0.2) is 11.1 Å². The summed E-state index contributed by atoms with van der Waals surface area (Å²) in [6.45, 7) is 4.45. The van der Waals surface area contributed by atoms with Crippen LogP contribution in [0.4, 0.5) is 0 Å². The van der Waals surface area contributed by atoms with Crippen molar-refractivity contribution in [2.24, 2.45) is 11.3 Å². The number of hydrogen-bond acceptors (Lipinski definition) is 1. The van der Waals surface area contributed by atoms with E-state index < -0.39 is 0 Å². The lowest BCUT2D eigenvalue weighted by Gasteiger charge is -2.43. The molecule has 0 saturated heterocycles. The van der Waals surface area contributed by atoms with Crippen molar-refractivity contribution in [3.8, 4) is 6.07 Å². The molecule has 76 valence electrons. The zero-order valence-corrected chi connectivity index (χ0v) is 9.27. The van der Waals surface area contributed by atoms with Gasteiger partial charge in [-0.25, -0.2) is 0 Å². The Labute approximate surface area is 86.8 Å². The Hall–Kier alpha value is -0.770. The molecule has 0 aliphatic heterocycles. The van der Waals surface area contributed by atoms with Crippen LogP contribution in [-0.2, 0) is 0 Å². The molecule has 0 unspecified atom stereocenters. The van der Waals surface area contributed by atoms with Crippen molar-refractivity contribution in [1.29, 1.82) is 5.26 Å². The lowest BCUT2D eigenvalue weighted by molar-refractivity contribution is 0.145. The fourth-order valence-corrected chi connectivity index (χ4v) is 3.20. The van der Waals surface area contributed by atoms with E-state index in [-0.39, 0.29) is 5.41 Å². The molecule has 1 nitrogen and oxygen atoms in total. The van der Waals surface area contributed by atoms with E-state index in [9.17, 15) is 5.26 Å². The summed E-state index contributed by atoms with van der Waals surface area (Å²) in [5, 5.41) is 9.41. The maximum absolute atomic E-state index is 9.41. The van der Waals surface area contributed by atoms with Crippen molar-refractivity contribution in [2.75, 3.05) is 0 Å². The monoisotopic (exact) mass is 189 g/mol. The van der Waals surface area contributed by atoms with Gasteiger partial charge in [-0.2, -0.15) is 5.26 Å². The first kappa shape index (κ1) is 9.77. The van der Waals surface area contributed by atoms with Crippen LogP contribution in [0.3, 0.4) is 0 Å². The van der Waals surface area contributed by atoms with E-state index in [2.05, 4.69) is 19.9 Å². The minimum Gasteiger partial charge on any atom is -0.198 e. The third-order valence-corrected chi connectivity index (χ3v) is 4.29. The smallest absolute Gasteiger partial charge is 0.0696 e. The molecular formula is C13H19N. The zero-order valence-electron chi connectivity index (χ0n) is 9.27. The highest BCUT2D eigenvalue weighted by atomic mass is 14.5. The number of nitriles is 1. The second-order valence-corrected chi connectivity index (χ2v) is 5.15. The van der Waals surface area contributed by atoms with Gasteiger partial charge in [0.15, 0.2) is 0 Å². The Morgan fingerprint density at radius 2 is 2.07 bits per heavy atom. The van der Waals surface area contributed by atoms with Crippen LogP contribution in [0.1, 0.15) is 52.4 Å². The molecule has 0 aromatic heterocycles. The maximum atomic E-state index is 9.41. The summed E-state index contributed by atoms with van der Waals surface area (Å²) >= 11 is 0. The maximum Gasteiger partial charge on any atom is 0.0696 e. The van der Waals surface area contributed by atoms with E-state index in [0.717, 1.165) is 12.8 Å². The predicted octanol–water partition coefficient (Wildman–Crippen LogP) is 3.82. The molecule has 0 spiro atoms. The molecule has 0 heterocycles. The quantitative estimate of drug-likeness (QED) is 0.531. The molecule has 1 saturated carbocycles. The van der Waals surface area contributed by atoms with Crippen LogP contribution in [0.25, 0.3) is 0 Å². The Bertz CT molecular complexity index is 308. The number of hydrogen-bond donors (Lipinski definition) is 0. The summed E-state index contributed by atoms with van der Waals surface area (Å²) in [5.41, 5.74) is 3.04. The third-order valence-electron chi connectivity index (χ3n) is 4.29. The van der Waals surface area contributed by atoms with Gasteiger partial charge in [-0.1, -0.05) is 24.0 Å². The first-order chi connectivity index (χ1) is 6.68. The van der Waals surface area contributed by atoms with Crippen LogP contribution in [0.5, 0.6) is 0 Å². The topological polar surface area (TPSA) is 23.8 Å². The van der Waals surface area contributed by atoms with Crippen molar-refractivity contribution in [3.63, 3.8) is 0 Å². The Morgan fingerprint density at radius 3 is 2.79 bits per heavy atom. The number of rotatable bonds is 0. The first-order valence-corrected chi connectivity index (χ1v) is 5.74. The summed E-state index contributed by atoms with van der Waals surface area (Å²) in [5.74, 6) is 0.657. The van der Waals surface area contributed by atoms with Gasteiger partial charge in [-0.15, -0.1) is 0 Å². The summed E-state index contributed by atoms with van der Waals surface area (Å²) in [6.07, 6.45) is 7.23. The molecule has 0 N–H and O–H groups in total. The van der Waals surface area contributed by atoms with Crippen LogP contribution in [-0.4, -0.2) is 0 Å². The van der Waals surface area contributed by atoms with Gasteiger partial charge in [0, 0.05) is 0 Å². The average molecular weight is 189 g/mol. The summed E-state index contributed by atoms with van der Waals surface area (Å²) in [4.78, 5) is 0. The Kier molecular flexibility index (Phi) is 2.39. The van der Waals surface area contributed by atoms with Gasteiger partial charge in [0.1, 0.15) is 0 Å². The third kappa shape index (κ3) is 1.38. The van der Waals surface area contributed by atoms with E-state index >= 15 is 0 Å². The minimum atomic E-state index is 0.0157. The van der Waals surface area contributed by atoms with Gasteiger partial charge in [-0.3, -0.25) is 0 Å². The molecule has 2 aliphatic rings. The molecule has 0 bridgehead atoms. The minimum absolute atomic E-state index is 0.0157. The summed E-state index contributed by atoms with van der Waals surface area (Å²) < 4.78 is 0. The second-order valence-electron chi connectivity index (χ2n) is 5.15. The molecule has 0 aromatic carbocycles. The number of nitrogens with zero attached hydrogens (tertiary/aromatic N) is 1. The van der Waals surface area contributed by atoms with Gasteiger partial charge < -0.3 is 0 Å². The lowest BCUT2D eigenvalue weighted by Crippen LogP contribution is -2.35. The van der Waals surface area contributed by atoms with Crippen LogP contribution >= 0.6 is 0 Å². The Morgan fingerprint density at radius 1 is 1.29 bits per heavy atom. The molecule has 2 rings (SSSR count). The standard InChI is InChI=1S/C13H19N/c1-10-7-12-5-3-4-6-13(12,9-14)8-11(10)2/h12H,3-8H2,1-2H3/t12-,13-/m1/s1. The average Bonchev–Trinajstić information content (AvgIpc) is 2.20. The first-order valence-electron chi connectivity index (χ1n) is 5.74. The highest BCUT2D eigenvalue weighted by Gasteiger charge is 2.43. The summed E-state index contributed by atoms with van der Waals surface area (Å²) in [6, 6.07) is 2.64. The van der Waals surface area contributed by atoms with Crippen LogP contribution < -0.4 is 0 Å². The normalized spacial score (nSPS) is 37.6. The van der Waals surface area contributed by atoms with Gasteiger partial charge in [0.05, 0.1) is 11.5 Å². The van der Waals surface area contributed by atoms with Crippen molar-refractivity contribution < 1.29 is 0 Å². The van der Waals surface area contributed by atoms with Gasteiger partial charge in [0.25, 0.3) is 0 Å². The van der Waals surface area contributed by atoms with Gasteiger partial charge in [-0.05, 0) is 45.4 Å². The molecule has 0 aromatic rings. The molecule has 0 radical (unpaired) electrons. The predicted molar refractivity (Wildman–Crippen MR) is 57.6 cm³/mol. The van der Waals surface area contributed by atoms with Gasteiger partial charge >= 0.3 is 0 Å². The van der Waals surface area contributed by atoms with E-state index in [1.54, 1.807) is 5.57 Å². The SMILES string of the molecule is CC1=C(C)C[C@@]2(C#N)CCCC[C@@H]2C1. The summed E-state index contributed by atoms with van der Waals surface area (Å²) in [7, 11) is 0. The van der Waals surface area contributed by atoms with Crippen LogP contribution in [0, 0.1) is 22.7 Å². The molecule has 1 heteroatoms. The molecule has 2 aliphatic carbocycles. The van der Waals surface area contributed by atoms with Gasteiger partial charge in [0.2, 0.25) is 0 Å². The molecule has 1 fully saturated rings. The van der Waals surface area contributed by atoms with E-state index in [1.165, 1.54) is 31.3 Å². The lowest BCUT2D eigenvalue weighted by atomic mass is 9.59. The second kappa shape index (κ2) is 3.42. The van der Waals surface area contributed by atoms with Crippen molar-refractivity contribution in [1.82, 2.24) is 0 Å². The van der Waals surface area contributed by atoms with E-state index in [1.807, 2.05) is 0 Å². The fraction of sp³-hybridized carbons (Fsp3) is 0.769. The van der Waals surface area contributed by atoms with Crippen LogP contribution in [0.2, 0.25) is 0 Å². The fourth-order valence-electron chi connectivity index (χ4n) is 3.20. The molecule has 14 heavy (non-hydrogen) atoms. The largest absolute Gasteiger partial charge is 0.198 e. The molecule has 2 atom stereocenters. The highest BCUT2D eigenvalue weighted by molar-refractivity contribution is 5.23. The van der Waals surface area contributed by atoms with Crippen molar-refractivity contribution in [2.45, 2.75) is 52.4 Å². The van der Waals surface area contributed by atoms with Crippen molar-refractivity contribution in [3.05, 3.63) is 11.1 Å². The van der Waals surface area contributed by atoms with Crippen molar-refractivity contribution >= 4 is 0 Å². The zero-order chi connectivity index (χ0) is 10.2. The van der Waals surface area contributed by atoms with E-state index in [0.29, 0.717) is 5.92 Å².